The van der Waals surface area contributed by atoms with E-state index in [-0.39, 0.29) is 11.7 Å². The summed E-state index contributed by atoms with van der Waals surface area (Å²) in [5, 5.41) is 0. The van der Waals surface area contributed by atoms with E-state index in [0.717, 1.165) is 24.1 Å². The van der Waals surface area contributed by atoms with E-state index in [4.69, 9.17) is 4.74 Å². The number of benzene rings is 1. The number of carbonyl (C=O) groups excluding carboxylic acids is 1. The number of rotatable bonds is 10. The molecule has 0 aliphatic rings. The van der Waals surface area contributed by atoms with Crippen LogP contribution in [0.15, 0.2) is 42.6 Å². The summed E-state index contributed by atoms with van der Waals surface area (Å²) in [7, 11) is 1.67. The molecular weight excluding hydrogens is 319 g/mol. The predicted molar refractivity (Wildman–Crippen MR) is 96.8 cm³/mol. The fourth-order valence-corrected chi connectivity index (χ4v) is 2.79. The van der Waals surface area contributed by atoms with E-state index in [0.29, 0.717) is 32.7 Å². The number of ether oxygens (including phenoxy) is 1. The molecule has 0 radical (unpaired) electrons. The second kappa shape index (κ2) is 9.99. The third kappa shape index (κ3) is 6.02. The van der Waals surface area contributed by atoms with Gasteiger partial charge in [0.1, 0.15) is 5.82 Å². The van der Waals surface area contributed by atoms with Crippen molar-refractivity contribution in [1.29, 1.82) is 0 Å². The Morgan fingerprint density at radius 1 is 1.24 bits per heavy atom. The van der Waals surface area contributed by atoms with Gasteiger partial charge in [-0.1, -0.05) is 19.1 Å². The highest BCUT2D eigenvalue weighted by Crippen LogP contribution is 2.13. The maximum absolute atomic E-state index is 13.1. The molecule has 5 heteroatoms. The van der Waals surface area contributed by atoms with Crippen molar-refractivity contribution in [3.8, 4) is 0 Å². The molecule has 0 unspecified atom stereocenters. The van der Waals surface area contributed by atoms with Crippen molar-refractivity contribution in [2.24, 2.45) is 0 Å². The molecule has 1 aromatic carbocycles. The van der Waals surface area contributed by atoms with E-state index in [1.165, 1.54) is 12.1 Å². The summed E-state index contributed by atoms with van der Waals surface area (Å²) in [6.45, 7) is 4.59. The monoisotopic (exact) mass is 346 g/mol. The lowest BCUT2D eigenvalue weighted by Crippen LogP contribution is -2.32. The average molecular weight is 346 g/mol. The van der Waals surface area contributed by atoms with Gasteiger partial charge in [-0.15, -0.1) is 0 Å². The van der Waals surface area contributed by atoms with Crippen LogP contribution in [0.1, 0.15) is 37.4 Å². The number of hydrogen-bond donors (Lipinski definition) is 0. The van der Waals surface area contributed by atoms with Crippen molar-refractivity contribution in [2.75, 3.05) is 20.3 Å². The highest BCUT2D eigenvalue weighted by molar-refractivity contribution is 5.76. The van der Waals surface area contributed by atoms with Crippen LogP contribution in [0.2, 0.25) is 0 Å². The molecule has 25 heavy (non-hydrogen) atoms. The molecule has 1 amide bonds. The van der Waals surface area contributed by atoms with Crippen molar-refractivity contribution in [1.82, 2.24) is 9.47 Å². The van der Waals surface area contributed by atoms with E-state index in [2.05, 4.69) is 4.57 Å². The molecule has 1 heterocycles. The van der Waals surface area contributed by atoms with Crippen LogP contribution in [-0.4, -0.2) is 35.6 Å². The molecule has 0 bridgehead atoms. The fraction of sp³-hybridized carbons (Fsp3) is 0.450. The first kappa shape index (κ1) is 19.2. The first-order valence-electron chi connectivity index (χ1n) is 8.79. The molecule has 0 spiro atoms. The minimum Gasteiger partial charge on any atom is -0.385 e. The van der Waals surface area contributed by atoms with Gasteiger partial charge in [0, 0.05) is 45.1 Å². The van der Waals surface area contributed by atoms with Crippen LogP contribution in [0.3, 0.4) is 0 Å². The van der Waals surface area contributed by atoms with Gasteiger partial charge in [0.05, 0.1) is 6.54 Å². The summed E-state index contributed by atoms with van der Waals surface area (Å²) < 4.78 is 20.3. The van der Waals surface area contributed by atoms with Gasteiger partial charge in [-0.2, -0.15) is 0 Å². The van der Waals surface area contributed by atoms with E-state index in [1.54, 1.807) is 19.2 Å². The SMILES string of the molecule is CCCC(=O)N(CCCOC)Cc1cccn1Cc1ccc(F)cc1. The van der Waals surface area contributed by atoms with Crippen LogP contribution in [0.5, 0.6) is 0 Å². The lowest BCUT2D eigenvalue weighted by molar-refractivity contribution is -0.132. The van der Waals surface area contributed by atoms with Crippen LogP contribution in [-0.2, 0) is 22.6 Å². The second-order valence-electron chi connectivity index (χ2n) is 6.17. The topological polar surface area (TPSA) is 34.5 Å². The largest absolute Gasteiger partial charge is 0.385 e. The normalized spacial score (nSPS) is 10.8. The van der Waals surface area contributed by atoms with Crippen LogP contribution in [0, 0.1) is 5.82 Å². The third-order valence-electron chi connectivity index (χ3n) is 4.14. The Morgan fingerprint density at radius 2 is 2.00 bits per heavy atom. The Kier molecular flexibility index (Phi) is 7.67. The lowest BCUT2D eigenvalue weighted by Gasteiger charge is -2.23. The number of amides is 1. The second-order valence-corrected chi connectivity index (χ2v) is 6.17. The van der Waals surface area contributed by atoms with E-state index >= 15 is 0 Å². The molecule has 0 atom stereocenters. The number of aromatic nitrogens is 1. The summed E-state index contributed by atoms with van der Waals surface area (Å²) >= 11 is 0. The summed E-state index contributed by atoms with van der Waals surface area (Å²) in [5.74, 6) is -0.0564. The van der Waals surface area contributed by atoms with Gasteiger partial charge in [0.25, 0.3) is 0 Å². The molecule has 0 saturated carbocycles. The first-order chi connectivity index (χ1) is 12.1. The smallest absolute Gasteiger partial charge is 0.222 e. The number of halogens is 1. The molecule has 136 valence electrons. The third-order valence-corrected chi connectivity index (χ3v) is 4.14. The fourth-order valence-electron chi connectivity index (χ4n) is 2.79. The molecule has 4 nitrogen and oxygen atoms in total. The average Bonchev–Trinajstić information content (AvgIpc) is 3.03. The standard InChI is InChI=1S/C20H27FN2O2/c1-3-6-20(24)23(13-5-14-25-2)16-19-7-4-12-22(19)15-17-8-10-18(21)11-9-17/h4,7-12H,3,5-6,13-16H2,1-2H3. The van der Waals surface area contributed by atoms with Gasteiger partial charge in [0.2, 0.25) is 5.91 Å². The lowest BCUT2D eigenvalue weighted by atomic mass is 10.2. The Morgan fingerprint density at radius 3 is 2.68 bits per heavy atom. The highest BCUT2D eigenvalue weighted by atomic mass is 19.1. The Labute approximate surface area is 149 Å². The molecule has 0 N–H and O–H groups in total. The number of hydrogen-bond acceptors (Lipinski definition) is 2. The first-order valence-corrected chi connectivity index (χ1v) is 8.79. The van der Waals surface area contributed by atoms with Gasteiger partial charge in [-0.25, -0.2) is 4.39 Å². The maximum Gasteiger partial charge on any atom is 0.222 e. The quantitative estimate of drug-likeness (QED) is 0.613. The van der Waals surface area contributed by atoms with E-state index < -0.39 is 0 Å². The van der Waals surface area contributed by atoms with Gasteiger partial charge < -0.3 is 14.2 Å². The van der Waals surface area contributed by atoms with Gasteiger partial charge in [-0.05, 0) is 42.7 Å². The molecule has 0 fully saturated rings. The summed E-state index contributed by atoms with van der Waals surface area (Å²) in [6, 6.07) is 10.5. The van der Waals surface area contributed by atoms with Gasteiger partial charge >= 0.3 is 0 Å². The minimum atomic E-state index is -0.231. The predicted octanol–water partition coefficient (Wildman–Crippen LogP) is 3.84. The van der Waals surface area contributed by atoms with Crippen molar-refractivity contribution in [3.63, 3.8) is 0 Å². The van der Waals surface area contributed by atoms with Crippen LogP contribution in [0.25, 0.3) is 0 Å². The number of carbonyl (C=O) groups is 1. The molecule has 0 saturated heterocycles. The summed E-state index contributed by atoms with van der Waals surface area (Å²) in [4.78, 5) is 14.3. The highest BCUT2D eigenvalue weighted by Gasteiger charge is 2.15. The van der Waals surface area contributed by atoms with Crippen molar-refractivity contribution < 1.29 is 13.9 Å². The van der Waals surface area contributed by atoms with Gasteiger partial charge in [0.15, 0.2) is 0 Å². The minimum absolute atomic E-state index is 0.174. The molecule has 2 rings (SSSR count). The molecule has 1 aromatic heterocycles. The van der Waals surface area contributed by atoms with Gasteiger partial charge in [-0.3, -0.25) is 4.79 Å². The Bertz CT molecular complexity index is 652. The van der Waals surface area contributed by atoms with Crippen LogP contribution >= 0.6 is 0 Å². The molecule has 2 aromatic rings. The Balaban J connectivity index is 2.06. The van der Waals surface area contributed by atoms with E-state index in [1.807, 2.05) is 30.2 Å². The maximum atomic E-state index is 13.1. The summed E-state index contributed by atoms with van der Waals surface area (Å²) in [6.07, 6.45) is 4.23. The molecule has 0 aliphatic carbocycles. The number of methoxy groups -OCH3 is 1. The van der Waals surface area contributed by atoms with Crippen molar-refractivity contribution in [3.05, 3.63) is 59.7 Å². The van der Waals surface area contributed by atoms with Crippen molar-refractivity contribution in [2.45, 2.75) is 39.3 Å². The van der Waals surface area contributed by atoms with Crippen LogP contribution < -0.4 is 0 Å². The molecular formula is C20H27FN2O2. The molecule has 0 aliphatic heterocycles. The number of nitrogens with zero attached hydrogens (tertiary/aromatic N) is 2. The zero-order chi connectivity index (χ0) is 18.1. The zero-order valence-corrected chi connectivity index (χ0v) is 15.1. The summed E-state index contributed by atoms with van der Waals surface area (Å²) in [5.41, 5.74) is 2.11. The Hall–Kier alpha value is -2.14. The van der Waals surface area contributed by atoms with Crippen LogP contribution in [0.4, 0.5) is 4.39 Å². The zero-order valence-electron chi connectivity index (χ0n) is 15.1. The van der Waals surface area contributed by atoms with E-state index in [9.17, 15) is 9.18 Å². The van der Waals surface area contributed by atoms with Crippen molar-refractivity contribution >= 4 is 5.91 Å².